The summed E-state index contributed by atoms with van der Waals surface area (Å²) in [7, 11) is 0. The first-order valence-electron chi connectivity index (χ1n) is 21.5. The molecule has 0 aromatic heterocycles. The second-order valence-electron chi connectivity index (χ2n) is 24.2. The van der Waals surface area contributed by atoms with E-state index in [0.29, 0.717) is 17.2 Å². The summed E-state index contributed by atoms with van der Waals surface area (Å²) in [5.74, 6) is 1.26. The molecule has 4 rings (SSSR count). The van der Waals surface area contributed by atoms with Crippen LogP contribution in [0.15, 0.2) is 58.7 Å². The van der Waals surface area contributed by atoms with Gasteiger partial charge in [-0.2, -0.15) is 0 Å². The molecule has 0 amide bonds. The molecule has 0 heterocycles. The summed E-state index contributed by atoms with van der Waals surface area (Å²) in [4.78, 5) is 0. The van der Waals surface area contributed by atoms with Gasteiger partial charge in [-0.15, -0.1) is 0 Å². The molecule has 1 unspecified atom stereocenters. The van der Waals surface area contributed by atoms with Gasteiger partial charge in [0, 0.05) is 0 Å². The van der Waals surface area contributed by atoms with Crippen molar-refractivity contribution < 1.29 is 15.3 Å². The summed E-state index contributed by atoms with van der Waals surface area (Å²) in [5, 5.41) is 34.9. The first-order chi connectivity index (χ1) is 25.5. The molecule has 1 aliphatic rings. The smallest absolute Gasteiger partial charge is 0.123 e. The van der Waals surface area contributed by atoms with Crippen LogP contribution >= 0.6 is 0 Å². The predicted octanol–water partition coefficient (Wildman–Crippen LogP) is 14.7. The maximum absolute atomic E-state index is 11.7. The number of hydrogen-bond acceptors (Lipinski definition) is 3. The SMILES string of the molecule is CC1=C(Cc2cc(C(C)(C)C)c(O)c(C(C)(C)C)c2)CC(C)(Cc2cc(C(C)(C)C)c(O)c(C(C)(C)C)c2)C(C)=C1Cc1cc(C(C)(C)C)c(O)c(C(C)(C)C)c1. The second kappa shape index (κ2) is 15.0. The largest absolute Gasteiger partial charge is 0.507 e. The molecule has 0 fully saturated rings. The Hall–Kier alpha value is -3.46. The van der Waals surface area contributed by atoms with Gasteiger partial charge >= 0.3 is 0 Å². The van der Waals surface area contributed by atoms with E-state index in [2.05, 4.69) is 182 Å². The van der Waals surface area contributed by atoms with Gasteiger partial charge in [0.1, 0.15) is 17.2 Å². The summed E-state index contributed by atoms with van der Waals surface area (Å²) in [5.41, 5.74) is 13.8. The van der Waals surface area contributed by atoms with Gasteiger partial charge in [0.25, 0.3) is 0 Å². The zero-order valence-electron chi connectivity index (χ0n) is 40.1. The number of phenolic OH excluding ortho intramolecular Hbond substituents is 3. The van der Waals surface area contributed by atoms with Crippen molar-refractivity contribution in [1.29, 1.82) is 0 Å². The van der Waals surface area contributed by atoms with Gasteiger partial charge in [0.2, 0.25) is 0 Å². The van der Waals surface area contributed by atoms with Crippen LogP contribution in [0.3, 0.4) is 0 Å². The fraction of sp³-hybridized carbons (Fsp3) is 0.593. The lowest BCUT2D eigenvalue weighted by Gasteiger charge is -2.40. The zero-order chi connectivity index (χ0) is 43.8. The molecular formula is C54H80O3. The predicted molar refractivity (Wildman–Crippen MR) is 246 cm³/mol. The van der Waals surface area contributed by atoms with Crippen molar-refractivity contribution in [3.05, 3.63) is 109 Å². The Morgan fingerprint density at radius 1 is 0.439 bits per heavy atom. The molecule has 0 radical (unpaired) electrons. The van der Waals surface area contributed by atoms with Crippen LogP contribution < -0.4 is 0 Å². The van der Waals surface area contributed by atoms with Gasteiger partial charge in [-0.05, 0) is 139 Å². The van der Waals surface area contributed by atoms with Gasteiger partial charge < -0.3 is 15.3 Å². The molecule has 1 aliphatic carbocycles. The Labute approximate surface area is 349 Å². The van der Waals surface area contributed by atoms with Gasteiger partial charge in [-0.1, -0.05) is 179 Å². The standard InChI is InChI=1S/C54H80O3/c1-32-37(22-34-24-39(48(3,4)5)45(55)40(25-34)49(6,7)8)31-54(21,30-36-28-43(52(15,16)17)47(57)44(29-36)53(18,19)20)33(2)38(32)23-35-26-41(50(9,10)11)46(56)42(27-35)51(12,13)14/h24-29,55-57H,22-23,30-31H2,1-21H3. The fourth-order valence-electron chi connectivity index (χ4n) is 8.97. The highest BCUT2D eigenvalue weighted by atomic mass is 16.3. The molecule has 3 aromatic carbocycles. The van der Waals surface area contributed by atoms with Crippen molar-refractivity contribution in [1.82, 2.24) is 0 Å². The van der Waals surface area contributed by atoms with Crippen molar-refractivity contribution in [3.63, 3.8) is 0 Å². The average molecular weight is 777 g/mol. The van der Waals surface area contributed by atoms with E-state index in [9.17, 15) is 15.3 Å². The van der Waals surface area contributed by atoms with Crippen LogP contribution in [0.25, 0.3) is 0 Å². The van der Waals surface area contributed by atoms with E-state index in [1.54, 1.807) is 0 Å². The normalized spacial score (nSPS) is 17.8. The van der Waals surface area contributed by atoms with Gasteiger partial charge in [0.15, 0.2) is 0 Å². The molecule has 0 aliphatic heterocycles. The molecule has 3 aromatic rings. The zero-order valence-corrected chi connectivity index (χ0v) is 40.1. The molecular weight excluding hydrogens is 697 g/mol. The van der Waals surface area contributed by atoms with E-state index < -0.39 is 0 Å². The lowest BCUT2D eigenvalue weighted by Crippen LogP contribution is -2.29. The second-order valence-corrected chi connectivity index (χ2v) is 24.2. The lowest BCUT2D eigenvalue weighted by atomic mass is 9.64. The maximum atomic E-state index is 11.7. The Bertz CT molecular complexity index is 1970. The van der Waals surface area contributed by atoms with Crippen LogP contribution in [-0.4, -0.2) is 15.3 Å². The average Bonchev–Trinajstić information content (AvgIpc) is 3.00. The van der Waals surface area contributed by atoms with Crippen LogP contribution in [0.4, 0.5) is 0 Å². The van der Waals surface area contributed by atoms with Crippen LogP contribution in [0, 0.1) is 5.41 Å². The van der Waals surface area contributed by atoms with E-state index in [1.165, 1.54) is 39.0 Å². The quantitative estimate of drug-likeness (QED) is 0.234. The third kappa shape index (κ3) is 9.88. The third-order valence-corrected chi connectivity index (χ3v) is 12.7. The highest BCUT2D eigenvalue weighted by Crippen LogP contribution is 2.50. The Morgan fingerprint density at radius 3 is 0.982 bits per heavy atom. The minimum absolute atomic E-state index is 0.196. The van der Waals surface area contributed by atoms with Gasteiger partial charge in [0.05, 0.1) is 0 Å². The summed E-state index contributed by atoms with van der Waals surface area (Å²) in [6, 6.07) is 13.5. The van der Waals surface area contributed by atoms with E-state index in [0.717, 1.165) is 59.1 Å². The van der Waals surface area contributed by atoms with E-state index in [1.807, 2.05) is 0 Å². The van der Waals surface area contributed by atoms with Crippen molar-refractivity contribution in [2.45, 2.75) is 204 Å². The van der Waals surface area contributed by atoms with Crippen molar-refractivity contribution in [2.75, 3.05) is 0 Å². The highest BCUT2D eigenvalue weighted by Gasteiger charge is 2.38. The molecule has 314 valence electrons. The summed E-state index contributed by atoms with van der Waals surface area (Å²) < 4.78 is 0. The molecule has 3 N–H and O–H groups in total. The van der Waals surface area contributed by atoms with E-state index >= 15 is 0 Å². The van der Waals surface area contributed by atoms with Crippen molar-refractivity contribution >= 4 is 0 Å². The van der Waals surface area contributed by atoms with Crippen LogP contribution in [0.5, 0.6) is 17.2 Å². The van der Waals surface area contributed by atoms with Crippen LogP contribution in [0.1, 0.15) is 202 Å². The van der Waals surface area contributed by atoms with Crippen molar-refractivity contribution in [2.24, 2.45) is 5.41 Å². The molecule has 0 saturated carbocycles. The molecule has 3 heteroatoms. The number of allylic oxidation sites excluding steroid dienone is 4. The molecule has 0 saturated heterocycles. The number of aromatic hydroxyl groups is 3. The van der Waals surface area contributed by atoms with E-state index in [4.69, 9.17) is 0 Å². The van der Waals surface area contributed by atoms with Gasteiger partial charge in [-0.3, -0.25) is 0 Å². The topological polar surface area (TPSA) is 60.7 Å². The number of hydrogen-bond donors (Lipinski definition) is 3. The summed E-state index contributed by atoms with van der Waals surface area (Å²) in [6.07, 6.45) is 3.33. The molecule has 0 spiro atoms. The monoisotopic (exact) mass is 777 g/mol. The minimum atomic E-state index is -0.219. The van der Waals surface area contributed by atoms with Gasteiger partial charge in [-0.25, -0.2) is 0 Å². The van der Waals surface area contributed by atoms with Crippen LogP contribution in [0.2, 0.25) is 0 Å². The Morgan fingerprint density at radius 2 is 0.702 bits per heavy atom. The summed E-state index contributed by atoms with van der Waals surface area (Å²) >= 11 is 0. The fourth-order valence-corrected chi connectivity index (χ4v) is 8.97. The van der Waals surface area contributed by atoms with Crippen molar-refractivity contribution in [3.8, 4) is 17.2 Å². The molecule has 0 bridgehead atoms. The number of benzene rings is 3. The first kappa shape index (κ1) is 46.2. The molecule has 3 nitrogen and oxygen atoms in total. The number of rotatable bonds is 6. The summed E-state index contributed by atoms with van der Waals surface area (Å²) in [6.45, 7) is 46.6. The highest BCUT2D eigenvalue weighted by molar-refractivity contribution is 5.56. The third-order valence-electron chi connectivity index (χ3n) is 12.7. The van der Waals surface area contributed by atoms with Crippen LogP contribution in [-0.2, 0) is 51.8 Å². The Kier molecular flexibility index (Phi) is 12.1. The Balaban J connectivity index is 2.03. The lowest BCUT2D eigenvalue weighted by molar-refractivity contribution is 0.371. The molecule has 1 atom stereocenters. The first-order valence-corrected chi connectivity index (χ1v) is 21.5. The minimum Gasteiger partial charge on any atom is -0.507 e. The number of phenols is 3. The maximum Gasteiger partial charge on any atom is 0.123 e. The van der Waals surface area contributed by atoms with E-state index in [-0.39, 0.29) is 37.9 Å². The molecule has 57 heavy (non-hydrogen) atoms.